The van der Waals surface area contributed by atoms with Crippen molar-refractivity contribution in [2.75, 3.05) is 13.2 Å². The van der Waals surface area contributed by atoms with Crippen LogP contribution >= 0.6 is 0 Å². The monoisotopic (exact) mass is 166 g/mol. The average Bonchev–Trinajstić information content (AvgIpc) is 2.57. The van der Waals surface area contributed by atoms with Crippen LogP contribution in [-0.2, 0) is 4.74 Å². The molecule has 0 aliphatic carbocycles. The highest BCUT2D eigenvalue weighted by Crippen LogP contribution is 2.10. The number of halogens is 1. The van der Waals surface area contributed by atoms with Gasteiger partial charge in [0.1, 0.15) is 6.61 Å². The molecule has 4 heteroatoms. The molecule has 3 nitrogen and oxygen atoms in total. The van der Waals surface area contributed by atoms with Crippen LogP contribution < -0.4 is 0 Å². The molecule has 1 aromatic heterocycles. The highest BCUT2D eigenvalue weighted by atomic mass is 19.1. The first kappa shape index (κ1) is 7.21. The fourth-order valence-electron chi connectivity index (χ4n) is 1.05. The summed E-state index contributed by atoms with van der Waals surface area (Å²) >= 11 is 0. The van der Waals surface area contributed by atoms with E-state index < -0.39 is 5.82 Å². The van der Waals surface area contributed by atoms with Crippen molar-refractivity contribution >= 4 is 5.90 Å². The Morgan fingerprint density at radius 2 is 2.42 bits per heavy atom. The topological polar surface area (TPSA) is 34.5 Å². The lowest BCUT2D eigenvalue weighted by atomic mass is 10.2. The summed E-state index contributed by atoms with van der Waals surface area (Å²) in [5.41, 5.74) is 0.391. The van der Waals surface area contributed by atoms with Crippen molar-refractivity contribution in [3.63, 3.8) is 0 Å². The molecule has 1 aliphatic heterocycles. The predicted molar refractivity (Wildman–Crippen MR) is 41.6 cm³/mol. The van der Waals surface area contributed by atoms with Gasteiger partial charge in [-0.1, -0.05) is 0 Å². The van der Waals surface area contributed by atoms with Crippen molar-refractivity contribution in [1.29, 1.82) is 0 Å². The normalized spacial score (nSPS) is 15.6. The summed E-state index contributed by atoms with van der Waals surface area (Å²) in [6.07, 6.45) is 2.67. The second kappa shape index (κ2) is 2.89. The first-order valence-electron chi connectivity index (χ1n) is 3.65. The van der Waals surface area contributed by atoms with Gasteiger partial charge in [0, 0.05) is 6.20 Å². The maximum absolute atomic E-state index is 13.0. The van der Waals surface area contributed by atoms with Gasteiger partial charge in [-0.05, 0) is 6.07 Å². The van der Waals surface area contributed by atoms with E-state index >= 15 is 0 Å². The summed E-state index contributed by atoms with van der Waals surface area (Å²) in [5.74, 6) is -0.00644. The number of hydrogen-bond acceptors (Lipinski definition) is 3. The number of aliphatic imine (C=N–C) groups is 1. The van der Waals surface area contributed by atoms with Crippen LogP contribution in [0.1, 0.15) is 5.56 Å². The molecule has 0 spiro atoms. The molecule has 1 aliphatic rings. The van der Waals surface area contributed by atoms with Gasteiger partial charge < -0.3 is 4.74 Å². The molecule has 1 aromatic rings. The van der Waals surface area contributed by atoms with Crippen LogP contribution in [0.2, 0.25) is 0 Å². The minimum atomic E-state index is -0.391. The molecule has 0 atom stereocenters. The predicted octanol–water partition coefficient (Wildman–Crippen LogP) is 0.998. The molecule has 0 N–H and O–H groups in total. The second-order valence-electron chi connectivity index (χ2n) is 2.39. The van der Waals surface area contributed by atoms with E-state index in [4.69, 9.17) is 4.74 Å². The van der Waals surface area contributed by atoms with E-state index in [0.717, 1.165) is 6.20 Å². The van der Waals surface area contributed by atoms with Crippen molar-refractivity contribution in [2.24, 2.45) is 4.99 Å². The van der Waals surface area contributed by atoms with Gasteiger partial charge >= 0.3 is 0 Å². The smallest absolute Gasteiger partial charge is 0.219 e. The summed E-state index contributed by atoms with van der Waals surface area (Å²) in [4.78, 5) is 7.62. The molecule has 2 rings (SSSR count). The number of ether oxygens (including phenoxy) is 1. The molecule has 0 bridgehead atoms. The van der Waals surface area contributed by atoms with E-state index in [-0.39, 0.29) is 0 Å². The number of nitrogens with zero attached hydrogens (tertiary/aromatic N) is 2. The third kappa shape index (κ3) is 1.15. The van der Waals surface area contributed by atoms with E-state index in [9.17, 15) is 4.39 Å². The second-order valence-corrected chi connectivity index (χ2v) is 2.39. The Hall–Kier alpha value is -1.45. The van der Waals surface area contributed by atoms with Crippen molar-refractivity contribution in [2.45, 2.75) is 0 Å². The van der Waals surface area contributed by atoms with Gasteiger partial charge in [-0.3, -0.25) is 4.98 Å². The molecular weight excluding hydrogens is 159 g/mol. The summed E-state index contributed by atoms with van der Waals surface area (Å²) in [6, 6.07) is 1.56. The molecular formula is C8H7FN2O. The first-order valence-corrected chi connectivity index (χ1v) is 3.65. The maximum Gasteiger partial charge on any atom is 0.219 e. The van der Waals surface area contributed by atoms with E-state index in [2.05, 4.69) is 9.98 Å². The zero-order chi connectivity index (χ0) is 8.39. The van der Waals surface area contributed by atoms with Gasteiger partial charge in [-0.2, -0.15) is 0 Å². The maximum atomic E-state index is 13.0. The molecule has 0 radical (unpaired) electrons. The Labute approximate surface area is 68.9 Å². The molecule has 0 unspecified atom stereocenters. The van der Waals surface area contributed by atoms with Crippen LogP contribution in [0.25, 0.3) is 0 Å². The Bertz CT molecular complexity index is 325. The fraction of sp³-hybridized carbons (Fsp3) is 0.250. The van der Waals surface area contributed by atoms with Crippen LogP contribution in [0, 0.1) is 5.82 Å². The molecule has 62 valence electrons. The first-order chi connectivity index (χ1) is 5.88. The van der Waals surface area contributed by atoms with Crippen molar-refractivity contribution in [3.05, 3.63) is 29.8 Å². The molecule has 0 aromatic carbocycles. The van der Waals surface area contributed by atoms with Crippen molar-refractivity contribution < 1.29 is 9.13 Å². The minimum absolute atomic E-state index is 0.384. The zero-order valence-electron chi connectivity index (χ0n) is 6.33. The van der Waals surface area contributed by atoms with E-state index in [1.165, 1.54) is 6.20 Å². The third-order valence-corrected chi connectivity index (χ3v) is 1.59. The largest absolute Gasteiger partial charge is 0.475 e. The summed E-state index contributed by atoms with van der Waals surface area (Å²) in [5, 5.41) is 0. The highest BCUT2D eigenvalue weighted by molar-refractivity contribution is 5.94. The van der Waals surface area contributed by atoms with Gasteiger partial charge in [0.05, 0.1) is 18.3 Å². The van der Waals surface area contributed by atoms with E-state index in [1.807, 2.05) is 0 Å². The van der Waals surface area contributed by atoms with Gasteiger partial charge in [-0.25, -0.2) is 9.38 Å². The molecule has 0 fully saturated rings. The van der Waals surface area contributed by atoms with Crippen molar-refractivity contribution in [3.8, 4) is 0 Å². The Kier molecular flexibility index (Phi) is 1.74. The Morgan fingerprint density at radius 1 is 1.50 bits per heavy atom. The Morgan fingerprint density at radius 3 is 3.08 bits per heavy atom. The third-order valence-electron chi connectivity index (χ3n) is 1.59. The van der Waals surface area contributed by atoms with Crippen LogP contribution in [0.15, 0.2) is 23.5 Å². The SMILES string of the molecule is Fc1cnccc1C1=NCCO1. The lowest BCUT2D eigenvalue weighted by Gasteiger charge is -2.00. The minimum Gasteiger partial charge on any atom is -0.475 e. The standard InChI is InChI=1S/C8H7FN2O/c9-7-5-10-2-1-6(7)8-11-3-4-12-8/h1-2,5H,3-4H2. The highest BCUT2D eigenvalue weighted by Gasteiger charge is 2.13. The number of hydrogen-bond donors (Lipinski definition) is 0. The van der Waals surface area contributed by atoms with Crippen LogP contribution in [-0.4, -0.2) is 24.0 Å². The molecule has 0 saturated carbocycles. The molecule has 2 heterocycles. The van der Waals surface area contributed by atoms with Gasteiger partial charge in [0.25, 0.3) is 0 Å². The van der Waals surface area contributed by atoms with Crippen LogP contribution in [0.3, 0.4) is 0 Å². The van der Waals surface area contributed by atoms with Crippen LogP contribution in [0.4, 0.5) is 4.39 Å². The quantitative estimate of drug-likeness (QED) is 0.623. The molecule has 0 saturated heterocycles. The molecule has 0 amide bonds. The fourth-order valence-corrected chi connectivity index (χ4v) is 1.05. The Balaban J connectivity index is 2.39. The number of rotatable bonds is 1. The van der Waals surface area contributed by atoms with Gasteiger partial charge in [-0.15, -0.1) is 0 Å². The average molecular weight is 166 g/mol. The van der Waals surface area contributed by atoms with Crippen molar-refractivity contribution in [1.82, 2.24) is 4.98 Å². The lowest BCUT2D eigenvalue weighted by Crippen LogP contribution is -2.04. The summed E-state index contributed by atoms with van der Waals surface area (Å²) in [6.45, 7) is 1.15. The van der Waals surface area contributed by atoms with Crippen LogP contribution in [0.5, 0.6) is 0 Å². The lowest BCUT2D eigenvalue weighted by molar-refractivity contribution is 0.347. The van der Waals surface area contributed by atoms with Gasteiger partial charge in [0.15, 0.2) is 5.82 Å². The number of pyridine rings is 1. The van der Waals surface area contributed by atoms with Gasteiger partial charge in [0.2, 0.25) is 5.90 Å². The zero-order valence-corrected chi connectivity index (χ0v) is 6.33. The number of aromatic nitrogens is 1. The molecule has 12 heavy (non-hydrogen) atoms. The van der Waals surface area contributed by atoms with E-state index in [0.29, 0.717) is 24.6 Å². The summed E-state index contributed by atoms with van der Waals surface area (Å²) in [7, 11) is 0. The van der Waals surface area contributed by atoms with E-state index in [1.54, 1.807) is 6.07 Å². The summed E-state index contributed by atoms with van der Waals surface area (Å²) < 4.78 is 18.1.